The van der Waals surface area contributed by atoms with Crippen molar-refractivity contribution in [3.05, 3.63) is 0 Å². The second kappa shape index (κ2) is 3.96. The fourth-order valence-electron chi connectivity index (χ4n) is 1.79. The Kier molecular flexibility index (Phi) is 3.17. The molecule has 1 heteroatoms. The molecule has 0 aliphatic heterocycles. The Labute approximate surface area is 75.2 Å². The van der Waals surface area contributed by atoms with E-state index in [-0.39, 0.29) is 0 Å². The maximum Gasteiger partial charge on any atom is 0.0673 e. The predicted molar refractivity (Wildman–Crippen MR) is 50.6 cm³/mol. The van der Waals surface area contributed by atoms with Crippen LogP contribution in [0.1, 0.15) is 45.4 Å². The SMILES string of the molecule is C#CCCCC(O)(CC)C1CC1. The number of aliphatic hydroxyl groups is 1. The van der Waals surface area contributed by atoms with Crippen LogP contribution in [-0.4, -0.2) is 10.7 Å². The van der Waals surface area contributed by atoms with Crippen LogP contribution < -0.4 is 0 Å². The Bertz CT molecular complexity index is 176. The zero-order valence-corrected chi connectivity index (χ0v) is 7.84. The number of terminal acetylenes is 1. The van der Waals surface area contributed by atoms with E-state index in [4.69, 9.17) is 6.42 Å². The Hall–Kier alpha value is -0.480. The van der Waals surface area contributed by atoms with Gasteiger partial charge in [-0.15, -0.1) is 12.3 Å². The van der Waals surface area contributed by atoms with Crippen LogP contribution in [0.15, 0.2) is 0 Å². The van der Waals surface area contributed by atoms with E-state index in [1.54, 1.807) is 0 Å². The molecular formula is C11H18O. The van der Waals surface area contributed by atoms with Crippen LogP contribution in [0.3, 0.4) is 0 Å². The average molecular weight is 166 g/mol. The first-order valence-corrected chi connectivity index (χ1v) is 4.89. The third-order valence-corrected chi connectivity index (χ3v) is 2.88. The third kappa shape index (κ3) is 2.25. The van der Waals surface area contributed by atoms with Gasteiger partial charge in [-0.3, -0.25) is 0 Å². The highest BCUT2D eigenvalue weighted by molar-refractivity contribution is 4.94. The standard InChI is InChI=1S/C11H18O/c1-3-5-6-9-11(12,4-2)10-7-8-10/h1,10,12H,4-9H2,2H3. The second-order valence-corrected chi connectivity index (χ2v) is 3.79. The average Bonchev–Trinajstić information content (AvgIpc) is 2.87. The Morgan fingerprint density at radius 3 is 2.67 bits per heavy atom. The topological polar surface area (TPSA) is 20.2 Å². The minimum atomic E-state index is -0.392. The molecular weight excluding hydrogens is 148 g/mol. The molecule has 1 nitrogen and oxygen atoms in total. The lowest BCUT2D eigenvalue weighted by atomic mass is 9.89. The molecule has 0 heterocycles. The molecule has 0 saturated heterocycles. The van der Waals surface area contributed by atoms with Crippen molar-refractivity contribution in [2.45, 2.75) is 51.0 Å². The third-order valence-electron chi connectivity index (χ3n) is 2.88. The van der Waals surface area contributed by atoms with Gasteiger partial charge >= 0.3 is 0 Å². The van der Waals surface area contributed by atoms with Crippen LogP contribution in [-0.2, 0) is 0 Å². The minimum absolute atomic E-state index is 0.392. The summed E-state index contributed by atoms with van der Waals surface area (Å²) in [6, 6.07) is 0. The van der Waals surface area contributed by atoms with Gasteiger partial charge in [-0.2, -0.15) is 0 Å². The molecule has 1 unspecified atom stereocenters. The van der Waals surface area contributed by atoms with Crippen molar-refractivity contribution in [2.75, 3.05) is 0 Å². The van der Waals surface area contributed by atoms with Crippen molar-refractivity contribution in [2.24, 2.45) is 5.92 Å². The highest BCUT2D eigenvalue weighted by atomic mass is 16.3. The monoisotopic (exact) mass is 166 g/mol. The maximum atomic E-state index is 10.1. The first-order chi connectivity index (χ1) is 5.73. The van der Waals surface area contributed by atoms with E-state index >= 15 is 0 Å². The fraction of sp³-hybridized carbons (Fsp3) is 0.818. The summed E-state index contributed by atoms with van der Waals surface area (Å²) >= 11 is 0. The Morgan fingerprint density at radius 1 is 1.58 bits per heavy atom. The summed E-state index contributed by atoms with van der Waals surface area (Å²) in [6.45, 7) is 2.06. The number of unbranched alkanes of at least 4 members (excludes halogenated alkanes) is 1. The first kappa shape index (κ1) is 9.61. The molecule has 12 heavy (non-hydrogen) atoms. The van der Waals surface area contributed by atoms with E-state index in [0.717, 1.165) is 25.7 Å². The molecule has 0 aromatic heterocycles. The fourth-order valence-corrected chi connectivity index (χ4v) is 1.79. The van der Waals surface area contributed by atoms with Gasteiger partial charge < -0.3 is 5.11 Å². The lowest BCUT2D eigenvalue weighted by Gasteiger charge is -2.26. The molecule has 68 valence electrons. The summed E-state index contributed by atoms with van der Waals surface area (Å²) in [4.78, 5) is 0. The molecule has 0 radical (unpaired) electrons. The van der Waals surface area contributed by atoms with Crippen molar-refractivity contribution in [3.63, 3.8) is 0 Å². The summed E-state index contributed by atoms with van der Waals surface area (Å²) in [5, 5.41) is 10.1. The summed E-state index contributed by atoms with van der Waals surface area (Å²) < 4.78 is 0. The van der Waals surface area contributed by atoms with Gasteiger partial charge in [0.25, 0.3) is 0 Å². The lowest BCUT2D eigenvalue weighted by molar-refractivity contribution is 0.00377. The van der Waals surface area contributed by atoms with Crippen LogP contribution in [0.5, 0.6) is 0 Å². The molecule has 0 aromatic carbocycles. The van der Waals surface area contributed by atoms with Crippen LogP contribution in [0.2, 0.25) is 0 Å². The quantitative estimate of drug-likeness (QED) is 0.491. The molecule has 1 atom stereocenters. The smallest absolute Gasteiger partial charge is 0.0673 e. The molecule has 1 aliphatic carbocycles. The van der Waals surface area contributed by atoms with Gasteiger partial charge in [-0.05, 0) is 38.0 Å². The van der Waals surface area contributed by atoms with E-state index in [1.165, 1.54) is 12.8 Å². The van der Waals surface area contributed by atoms with Gasteiger partial charge in [0.2, 0.25) is 0 Å². The van der Waals surface area contributed by atoms with Gasteiger partial charge in [0.1, 0.15) is 0 Å². The lowest BCUT2D eigenvalue weighted by Crippen LogP contribution is -2.30. The Morgan fingerprint density at radius 2 is 2.25 bits per heavy atom. The molecule has 0 amide bonds. The largest absolute Gasteiger partial charge is 0.390 e. The van der Waals surface area contributed by atoms with Crippen molar-refractivity contribution in [3.8, 4) is 12.3 Å². The van der Waals surface area contributed by atoms with E-state index in [2.05, 4.69) is 12.8 Å². The highest BCUT2D eigenvalue weighted by Crippen LogP contribution is 2.43. The van der Waals surface area contributed by atoms with Gasteiger partial charge in [-0.25, -0.2) is 0 Å². The normalized spacial score (nSPS) is 21.4. The van der Waals surface area contributed by atoms with E-state index in [0.29, 0.717) is 5.92 Å². The molecule has 0 aromatic rings. The van der Waals surface area contributed by atoms with Crippen LogP contribution in [0.4, 0.5) is 0 Å². The second-order valence-electron chi connectivity index (χ2n) is 3.79. The molecule has 1 fully saturated rings. The molecule has 0 bridgehead atoms. The summed E-state index contributed by atoms with van der Waals surface area (Å²) in [5.74, 6) is 3.18. The van der Waals surface area contributed by atoms with E-state index in [1.807, 2.05) is 0 Å². The highest BCUT2D eigenvalue weighted by Gasteiger charge is 2.41. The van der Waals surface area contributed by atoms with E-state index < -0.39 is 5.60 Å². The van der Waals surface area contributed by atoms with Crippen molar-refractivity contribution in [1.82, 2.24) is 0 Å². The molecule has 0 spiro atoms. The van der Waals surface area contributed by atoms with Crippen LogP contribution >= 0.6 is 0 Å². The number of hydrogen-bond donors (Lipinski definition) is 1. The van der Waals surface area contributed by atoms with Crippen molar-refractivity contribution >= 4 is 0 Å². The van der Waals surface area contributed by atoms with Gasteiger partial charge in [0, 0.05) is 6.42 Å². The van der Waals surface area contributed by atoms with Crippen LogP contribution in [0.25, 0.3) is 0 Å². The zero-order chi connectivity index (χ0) is 9.03. The van der Waals surface area contributed by atoms with E-state index in [9.17, 15) is 5.11 Å². The Balaban J connectivity index is 2.29. The number of rotatable bonds is 5. The summed E-state index contributed by atoms with van der Waals surface area (Å²) in [7, 11) is 0. The minimum Gasteiger partial charge on any atom is -0.390 e. The van der Waals surface area contributed by atoms with Gasteiger partial charge in [-0.1, -0.05) is 6.92 Å². The molecule has 1 rings (SSSR count). The summed E-state index contributed by atoms with van der Waals surface area (Å²) in [5.41, 5.74) is -0.392. The van der Waals surface area contributed by atoms with Gasteiger partial charge in [0.15, 0.2) is 0 Å². The molecule has 1 aliphatic rings. The summed E-state index contributed by atoms with van der Waals surface area (Å²) in [6.07, 6.45) is 11.1. The first-order valence-electron chi connectivity index (χ1n) is 4.89. The zero-order valence-electron chi connectivity index (χ0n) is 7.84. The molecule has 1 saturated carbocycles. The number of hydrogen-bond acceptors (Lipinski definition) is 1. The van der Waals surface area contributed by atoms with Crippen LogP contribution in [0, 0.1) is 18.3 Å². The van der Waals surface area contributed by atoms with Crippen molar-refractivity contribution in [1.29, 1.82) is 0 Å². The van der Waals surface area contributed by atoms with Gasteiger partial charge in [0.05, 0.1) is 5.60 Å². The van der Waals surface area contributed by atoms with Crippen molar-refractivity contribution < 1.29 is 5.11 Å². The predicted octanol–water partition coefficient (Wildman–Crippen LogP) is 2.34. The molecule has 1 N–H and O–H groups in total. The maximum absolute atomic E-state index is 10.1.